The molecule has 2 N–H and O–H groups in total. The minimum atomic E-state index is -1.10. The monoisotopic (exact) mass is 589 g/mol. The second-order valence-corrected chi connectivity index (χ2v) is 11.3. The van der Waals surface area contributed by atoms with Crippen LogP contribution >= 0.6 is 0 Å². The van der Waals surface area contributed by atoms with Crippen molar-refractivity contribution in [3.63, 3.8) is 0 Å². The molecule has 2 aromatic carbocycles. The van der Waals surface area contributed by atoms with Crippen LogP contribution in [0.25, 0.3) is 22.0 Å². The number of nitrogens with one attached hydrogen (secondary N) is 2. The van der Waals surface area contributed by atoms with Crippen molar-refractivity contribution in [1.29, 1.82) is 0 Å². The van der Waals surface area contributed by atoms with Crippen molar-refractivity contribution < 1.29 is 27.6 Å². The third-order valence-electron chi connectivity index (χ3n) is 8.45. The fraction of sp³-hybridized carbons (Fsp3) is 0.312. The van der Waals surface area contributed by atoms with Gasteiger partial charge in [0.1, 0.15) is 11.5 Å². The lowest BCUT2D eigenvalue weighted by molar-refractivity contribution is -0.134. The van der Waals surface area contributed by atoms with E-state index in [2.05, 4.69) is 15.3 Å². The number of halogens is 3. The zero-order valence-corrected chi connectivity index (χ0v) is 23.7. The first-order valence-electron chi connectivity index (χ1n) is 14.2. The molecule has 222 valence electrons. The number of carbonyl (C=O) groups excluding carboxylic acids is 3. The Morgan fingerprint density at radius 3 is 2.37 bits per heavy atom. The molecule has 8 nitrogen and oxygen atoms in total. The molecule has 3 amide bonds. The van der Waals surface area contributed by atoms with Crippen molar-refractivity contribution in [2.75, 3.05) is 32.1 Å². The van der Waals surface area contributed by atoms with Gasteiger partial charge in [-0.15, -0.1) is 0 Å². The number of fused-ring (bicyclic) bond motifs is 1. The number of hydrogen-bond acceptors (Lipinski definition) is 5. The van der Waals surface area contributed by atoms with E-state index in [1.54, 1.807) is 31.1 Å². The fourth-order valence-corrected chi connectivity index (χ4v) is 6.07. The summed E-state index contributed by atoms with van der Waals surface area (Å²) in [5.41, 5.74) is 3.24. The van der Waals surface area contributed by atoms with Crippen LogP contribution in [0.1, 0.15) is 59.1 Å². The Labute approximate surface area is 245 Å². The maximum absolute atomic E-state index is 15.1. The van der Waals surface area contributed by atoms with Gasteiger partial charge in [-0.25, -0.2) is 13.8 Å². The van der Waals surface area contributed by atoms with E-state index >= 15 is 8.78 Å². The van der Waals surface area contributed by atoms with Crippen LogP contribution in [0.2, 0.25) is 0 Å². The fourth-order valence-electron chi connectivity index (χ4n) is 6.07. The number of aromatic nitrogens is 2. The van der Waals surface area contributed by atoms with Gasteiger partial charge in [0, 0.05) is 50.8 Å². The maximum Gasteiger partial charge on any atom is 0.269 e. The van der Waals surface area contributed by atoms with Crippen molar-refractivity contribution in [3.05, 3.63) is 82.9 Å². The summed E-state index contributed by atoms with van der Waals surface area (Å²) in [6.07, 6.45) is 2.78. The van der Waals surface area contributed by atoms with Crippen molar-refractivity contribution in [3.8, 4) is 11.1 Å². The molecule has 2 fully saturated rings. The van der Waals surface area contributed by atoms with Crippen molar-refractivity contribution >= 4 is 34.4 Å². The molecule has 43 heavy (non-hydrogen) atoms. The van der Waals surface area contributed by atoms with Gasteiger partial charge in [0.15, 0.2) is 11.6 Å². The predicted octanol–water partition coefficient (Wildman–Crippen LogP) is 5.25. The number of aromatic amines is 1. The summed E-state index contributed by atoms with van der Waals surface area (Å²) in [7, 11) is 3.28. The van der Waals surface area contributed by atoms with Crippen LogP contribution in [0.15, 0.2) is 48.7 Å². The summed E-state index contributed by atoms with van der Waals surface area (Å²) in [6.45, 7) is 0.941. The SMILES string of the molecule is CN(C)C(=O)c1cc2c(-c3ccc(C4CCN(c5ncc(C6CCC(=O)NC6=O)c(F)c5F)CC4)cc3)ccc(F)c2[nH]1. The number of anilines is 1. The molecule has 0 saturated carbocycles. The van der Waals surface area contributed by atoms with Crippen molar-refractivity contribution in [2.24, 2.45) is 0 Å². The van der Waals surface area contributed by atoms with Crippen LogP contribution in [-0.2, 0) is 9.59 Å². The van der Waals surface area contributed by atoms with Gasteiger partial charge in [0.25, 0.3) is 5.91 Å². The standard InChI is InChI=1S/C32H30F3N5O3/c1-39(2)32(43)25-15-22-20(7-9-24(33)29(22)37-25)19-5-3-17(4-6-19)18-11-13-40(14-12-18)30-28(35)27(34)23(16-36-30)21-8-10-26(41)38-31(21)42/h3-7,9,15-16,18,21,37H,8,10-14H2,1-2H3,(H,38,41,42). The molecular formula is C32H30F3N5O3. The first-order valence-corrected chi connectivity index (χ1v) is 14.2. The van der Waals surface area contributed by atoms with E-state index in [4.69, 9.17) is 0 Å². The highest BCUT2D eigenvalue weighted by molar-refractivity contribution is 6.03. The zero-order valence-electron chi connectivity index (χ0n) is 23.7. The van der Waals surface area contributed by atoms with Crippen LogP contribution in [-0.4, -0.2) is 59.8 Å². The highest BCUT2D eigenvalue weighted by Crippen LogP contribution is 2.36. The summed E-state index contributed by atoms with van der Waals surface area (Å²) in [4.78, 5) is 46.3. The molecule has 1 unspecified atom stereocenters. The molecule has 1 atom stereocenters. The van der Waals surface area contributed by atoms with Gasteiger partial charge >= 0.3 is 0 Å². The third-order valence-corrected chi connectivity index (χ3v) is 8.45. The van der Waals surface area contributed by atoms with E-state index in [0.29, 0.717) is 37.0 Å². The molecule has 4 aromatic rings. The van der Waals surface area contributed by atoms with E-state index in [-0.39, 0.29) is 41.6 Å². The van der Waals surface area contributed by atoms with Gasteiger partial charge in [0.2, 0.25) is 17.6 Å². The molecule has 0 radical (unpaired) electrons. The number of H-pyrrole nitrogens is 1. The summed E-state index contributed by atoms with van der Waals surface area (Å²) in [6, 6.07) is 12.8. The topological polar surface area (TPSA) is 98.4 Å². The van der Waals surface area contributed by atoms with E-state index in [1.807, 2.05) is 24.3 Å². The lowest BCUT2D eigenvalue weighted by Gasteiger charge is -2.33. The minimum Gasteiger partial charge on any atom is -0.354 e. The Balaban J connectivity index is 1.16. The minimum absolute atomic E-state index is 0.0623. The van der Waals surface area contributed by atoms with Crippen LogP contribution in [0.4, 0.5) is 19.0 Å². The van der Waals surface area contributed by atoms with E-state index in [0.717, 1.165) is 16.7 Å². The molecule has 2 saturated heterocycles. The van der Waals surface area contributed by atoms with Gasteiger partial charge in [0.05, 0.1) is 11.4 Å². The number of hydrogen-bond donors (Lipinski definition) is 2. The van der Waals surface area contributed by atoms with Gasteiger partial charge < -0.3 is 14.8 Å². The average molecular weight is 590 g/mol. The molecular weight excluding hydrogens is 559 g/mol. The maximum atomic E-state index is 15.1. The first kappa shape index (κ1) is 28.4. The average Bonchev–Trinajstić information content (AvgIpc) is 3.45. The normalized spacial score (nSPS) is 17.8. The molecule has 2 aromatic heterocycles. The zero-order chi connectivity index (χ0) is 30.4. The van der Waals surface area contributed by atoms with Crippen LogP contribution in [0.5, 0.6) is 0 Å². The number of pyridine rings is 1. The van der Waals surface area contributed by atoms with Gasteiger partial charge in [-0.3, -0.25) is 19.7 Å². The van der Waals surface area contributed by atoms with E-state index in [9.17, 15) is 18.8 Å². The summed E-state index contributed by atoms with van der Waals surface area (Å²) >= 11 is 0. The smallest absolute Gasteiger partial charge is 0.269 e. The van der Waals surface area contributed by atoms with Crippen LogP contribution < -0.4 is 10.2 Å². The Morgan fingerprint density at radius 2 is 1.70 bits per heavy atom. The molecule has 6 rings (SSSR count). The number of nitrogens with zero attached hydrogens (tertiary/aromatic N) is 3. The number of benzene rings is 2. The lowest BCUT2D eigenvalue weighted by atomic mass is 9.88. The van der Waals surface area contributed by atoms with Crippen molar-refractivity contribution in [1.82, 2.24) is 20.2 Å². The Hall–Kier alpha value is -4.67. The number of rotatable bonds is 5. The highest BCUT2D eigenvalue weighted by Gasteiger charge is 2.33. The highest BCUT2D eigenvalue weighted by atomic mass is 19.2. The summed E-state index contributed by atoms with van der Waals surface area (Å²) in [5.74, 6) is -4.77. The largest absolute Gasteiger partial charge is 0.354 e. The summed E-state index contributed by atoms with van der Waals surface area (Å²) in [5, 5.41) is 2.79. The number of imide groups is 1. The first-order chi connectivity index (χ1) is 20.6. The molecule has 4 heterocycles. The molecule has 2 aliphatic rings. The molecule has 2 aliphatic heterocycles. The molecule has 0 spiro atoms. The third kappa shape index (κ3) is 5.24. The van der Waals surface area contributed by atoms with Gasteiger partial charge in [-0.2, -0.15) is 4.39 Å². The molecule has 0 aliphatic carbocycles. The van der Waals surface area contributed by atoms with Gasteiger partial charge in [-0.1, -0.05) is 30.3 Å². The number of carbonyl (C=O) groups is 3. The second kappa shape index (κ2) is 11.2. The Bertz CT molecular complexity index is 1740. The van der Waals surface area contributed by atoms with E-state index in [1.165, 1.54) is 17.2 Å². The quantitative estimate of drug-likeness (QED) is 0.310. The summed E-state index contributed by atoms with van der Waals surface area (Å²) < 4.78 is 44.7. The number of amides is 3. The Morgan fingerprint density at radius 1 is 0.977 bits per heavy atom. The van der Waals surface area contributed by atoms with Crippen molar-refractivity contribution in [2.45, 2.75) is 37.5 Å². The number of piperidine rings is 2. The van der Waals surface area contributed by atoms with Crippen LogP contribution in [0, 0.1) is 17.5 Å². The molecule has 0 bridgehead atoms. The second-order valence-electron chi connectivity index (χ2n) is 11.3. The van der Waals surface area contributed by atoms with Crippen LogP contribution in [0.3, 0.4) is 0 Å². The van der Waals surface area contributed by atoms with E-state index < -0.39 is 35.2 Å². The lowest BCUT2D eigenvalue weighted by Crippen LogP contribution is -2.40. The predicted molar refractivity (Wildman–Crippen MR) is 155 cm³/mol. The molecule has 11 heteroatoms. The van der Waals surface area contributed by atoms with Gasteiger partial charge in [-0.05, 0) is 54.0 Å². The Kier molecular flexibility index (Phi) is 7.41.